The van der Waals surface area contributed by atoms with E-state index in [4.69, 9.17) is 5.73 Å². The van der Waals surface area contributed by atoms with E-state index >= 15 is 0 Å². The summed E-state index contributed by atoms with van der Waals surface area (Å²) < 4.78 is 0. The average Bonchev–Trinajstić information content (AvgIpc) is 2.81. The van der Waals surface area contributed by atoms with Crippen LogP contribution < -0.4 is 16.0 Å². The van der Waals surface area contributed by atoms with Crippen molar-refractivity contribution >= 4 is 11.3 Å². The van der Waals surface area contributed by atoms with Crippen LogP contribution in [0.4, 0.5) is 5.69 Å². The van der Waals surface area contributed by atoms with Gasteiger partial charge < -0.3 is 26.2 Å². The van der Waals surface area contributed by atoms with Crippen molar-refractivity contribution in [3.05, 3.63) is 81.8 Å². The lowest BCUT2D eigenvalue weighted by atomic mass is 9.55. The molecule has 4 rings (SSSR count). The second-order valence-electron chi connectivity index (χ2n) is 12.7. The highest BCUT2D eigenvalue weighted by molar-refractivity contribution is 5.88. The van der Waals surface area contributed by atoms with Crippen LogP contribution in [-0.4, -0.2) is 61.5 Å². The average molecular weight is 533 g/mol. The standard InChI is InChI=1S/C33H48N4O2/c1-17(2)15-35-16-24-14-27(36(8)9)25-12-23-13-26-31(37(10)11)32(38)30(22(7)34)21(6)33(26,39)20(5)29(23)19(4)28(25)18(24)3/h14,17,23,26,31,35,38-39H,4,6-7,12-13,15-16,34H2,1-3,5,8-11H3/t23-,26-,31?,33-/m0/s1. The third-order valence-electron chi connectivity index (χ3n) is 9.22. The van der Waals surface area contributed by atoms with E-state index in [1.807, 2.05) is 25.9 Å². The molecule has 1 aromatic carbocycles. The van der Waals surface area contributed by atoms with Crippen LogP contribution >= 0.6 is 0 Å². The van der Waals surface area contributed by atoms with Crippen LogP contribution in [0.25, 0.3) is 5.57 Å². The Morgan fingerprint density at radius 3 is 2.38 bits per heavy atom. The number of aliphatic hydroxyl groups is 2. The van der Waals surface area contributed by atoms with E-state index in [2.05, 4.69) is 70.9 Å². The van der Waals surface area contributed by atoms with Crippen molar-refractivity contribution in [2.45, 2.75) is 58.7 Å². The Labute approximate surface area is 235 Å². The quantitative estimate of drug-likeness (QED) is 0.402. The molecule has 3 aliphatic carbocycles. The molecular weight excluding hydrogens is 484 g/mol. The molecule has 5 N–H and O–H groups in total. The van der Waals surface area contributed by atoms with Crippen LogP contribution in [0.3, 0.4) is 0 Å². The Morgan fingerprint density at radius 1 is 1.21 bits per heavy atom. The Morgan fingerprint density at radius 2 is 1.85 bits per heavy atom. The molecule has 0 heterocycles. The van der Waals surface area contributed by atoms with Gasteiger partial charge in [-0.15, -0.1) is 0 Å². The number of nitrogens with zero attached hydrogens (tertiary/aromatic N) is 2. The highest BCUT2D eigenvalue weighted by Gasteiger charge is 2.57. The third kappa shape index (κ3) is 4.47. The minimum atomic E-state index is -1.36. The maximum atomic E-state index is 12.5. The van der Waals surface area contributed by atoms with Crippen LogP contribution in [0.2, 0.25) is 0 Å². The molecule has 0 aromatic heterocycles. The molecule has 1 aromatic rings. The Bertz CT molecular complexity index is 1300. The lowest BCUT2D eigenvalue weighted by Gasteiger charge is -2.54. The van der Waals surface area contributed by atoms with Crippen molar-refractivity contribution < 1.29 is 10.2 Å². The van der Waals surface area contributed by atoms with Crippen molar-refractivity contribution in [3.8, 4) is 0 Å². The normalized spacial score (nSPS) is 26.7. The van der Waals surface area contributed by atoms with Gasteiger partial charge in [-0.1, -0.05) is 33.6 Å². The zero-order valence-electron chi connectivity index (χ0n) is 25.2. The van der Waals surface area contributed by atoms with Crippen molar-refractivity contribution in [2.24, 2.45) is 23.5 Å². The summed E-state index contributed by atoms with van der Waals surface area (Å²) in [6, 6.07) is 1.92. The van der Waals surface area contributed by atoms with Gasteiger partial charge in [0.15, 0.2) is 0 Å². The number of hydrogen-bond donors (Lipinski definition) is 4. The Balaban J connectivity index is 1.91. The van der Waals surface area contributed by atoms with Crippen molar-refractivity contribution in [1.82, 2.24) is 10.2 Å². The maximum absolute atomic E-state index is 12.5. The van der Waals surface area contributed by atoms with Gasteiger partial charge >= 0.3 is 0 Å². The smallest absolute Gasteiger partial charge is 0.119 e. The summed E-state index contributed by atoms with van der Waals surface area (Å²) in [4.78, 5) is 4.17. The van der Waals surface area contributed by atoms with Gasteiger partial charge in [0.1, 0.15) is 11.4 Å². The minimum Gasteiger partial charge on any atom is -0.510 e. The molecular formula is C33H48N4O2. The van der Waals surface area contributed by atoms with E-state index in [0.717, 1.165) is 36.2 Å². The minimum absolute atomic E-state index is 0.141. The first-order valence-corrected chi connectivity index (χ1v) is 14.0. The molecule has 6 heteroatoms. The Kier molecular flexibility index (Phi) is 7.71. The predicted molar refractivity (Wildman–Crippen MR) is 164 cm³/mol. The molecule has 0 aliphatic heterocycles. The summed E-state index contributed by atoms with van der Waals surface area (Å²) in [6.45, 7) is 23.3. The zero-order chi connectivity index (χ0) is 29.1. The van der Waals surface area contributed by atoms with Gasteiger partial charge in [0.05, 0.1) is 6.04 Å². The summed E-state index contributed by atoms with van der Waals surface area (Å²) in [5.74, 6) is 0.605. The molecule has 0 amide bonds. The fraction of sp³-hybridized carbons (Fsp3) is 0.515. The molecule has 0 fully saturated rings. The first-order valence-electron chi connectivity index (χ1n) is 14.0. The lowest BCUT2D eigenvalue weighted by Crippen LogP contribution is -2.58. The monoisotopic (exact) mass is 532 g/mol. The van der Waals surface area contributed by atoms with E-state index in [9.17, 15) is 10.2 Å². The van der Waals surface area contributed by atoms with Gasteiger partial charge in [-0.05, 0) is 110 Å². The van der Waals surface area contributed by atoms with E-state index in [-0.39, 0.29) is 23.3 Å². The zero-order valence-corrected chi connectivity index (χ0v) is 25.2. The number of benzene rings is 1. The Hall–Kier alpha value is -2.80. The van der Waals surface area contributed by atoms with E-state index in [0.29, 0.717) is 23.5 Å². The molecule has 212 valence electrons. The first kappa shape index (κ1) is 29.2. The van der Waals surface area contributed by atoms with Crippen LogP contribution in [0.5, 0.6) is 0 Å². The molecule has 6 nitrogen and oxygen atoms in total. The number of rotatable bonds is 7. The van der Waals surface area contributed by atoms with Gasteiger partial charge in [-0.3, -0.25) is 4.90 Å². The van der Waals surface area contributed by atoms with E-state index in [1.165, 1.54) is 27.9 Å². The highest BCUT2D eigenvalue weighted by atomic mass is 16.3. The number of anilines is 1. The summed E-state index contributed by atoms with van der Waals surface area (Å²) in [7, 11) is 8.07. The van der Waals surface area contributed by atoms with Crippen molar-refractivity contribution in [1.29, 1.82) is 0 Å². The largest absolute Gasteiger partial charge is 0.510 e. The summed E-state index contributed by atoms with van der Waals surface area (Å²) >= 11 is 0. The van der Waals surface area contributed by atoms with Gasteiger partial charge in [-0.2, -0.15) is 0 Å². The van der Waals surface area contributed by atoms with Crippen LogP contribution in [0.15, 0.2) is 59.6 Å². The number of nitrogens with two attached hydrogens (primary N) is 1. The van der Waals surface area contributed by atoms with Crippen LogP contribution in [-0.2, 0) is 13.0 Å². The number of nitrogens with one attached hydrogen (secondary N) is 1. The van der Waals surface area contributed by atoms with Gasteiger partial charge in [0.25, 0.3) is 0 Å². The number of aliphatic hydroxyl groups excluding tert-OH is 1. The van der Waals surface area contributed by atoms with Crippen molar-refractivity contribution in [2.75, 3.05) is 39.6 Å². The SMILES string of the molecule is C=C(N)C1=C(O)C(N(C)C)[C@@H]2C[C@@H]3Cc4c(N(C)C)cc(CNCC(C)C)c(C)c4C(=C)C3=C(C)[C@]2(O)C1=C. The molecule has 3 aliphatic rings. The number of hydrogen-bond acceptors (Lipinski definition) is 6. The molecule has 4 atom stereocenters. The topological polar surface area (TPSA) is 85.0 Å². The first-order chi connectivity index (χ1) is 18.1. The summed E-state index contributed by atoms with van der Waals surface area (Å²) in [5, 5.41) is 27.5. The van der Waals surface area contributed by atoms with Gasteiger partial charge in [-0.25, -0.2) is 0 Å². The molecule has 0 saturated heterocycles. The second kappa shape index (κ2) is 10.3. The second-order valence-corrected chi connectivity index (χ2v) is 12.7. The number of fused-ring (bicyclic) bond motifs is 3. The van der Waals surface area contributed by atoms with Gasteiger partial charge in [0, 0.05) is 43.5 Å². The molecule has 0 spiro atoms. The molecule has 0 radical (unpaired) electrons. The number of likely N-dealkylation sites (N-methyl/N-ethyl adjacent to an activating group) is 1. The summed E-state index contributed by atoms with van der Waals surface area (Å²) in [5.41, 5.74) is 15.0. The van der Waals surface area contributed by atoms with E-state index in [1.54, 1.807) is 0 Å². The fourth-order valence-corrected chi connectivity index (χ4v) is 7.45. The fourth-order valence-electron chi connectivity index (χ4n) is 7.45. The number of allylic oxidation sites excluding steroid dienone is 3. The lowest BCUT2D eigenvalue weighted by molar-refractivity contribution is -0.0178. The third-order valence-corrected chi connectivity index (χ3v) is 9.22. The van der Waals surface area contributed by atoms with E-state index < -0.39 is 11.6 Å². The molecule has 0 bridgehead atoms. The predicted octanol–water partition coefficient (Wildman–Crippen LogP) is 4.84. The maximum Gasteiger partial charge on any atom is 0.119 e. The molecule has 1 unspecified atom stereocenters. The van der Waals surface area contributed by atoms with Crippen LogP contribution in [0.1, 0.15) is 49.4 Å². The summed E-state index contributed by atoms with van der Waals surface area (Å²) in [6.07, 6.45) is 1.55. The molecule has 39 heavy (non-hydrogen) atoms. The van der Waals surface area contributed by atoms with Crippen molar-refractivity contribution in [3.63, 3.8) is 0 Å². The molecule has 0 saturated carbocycles. The highest BCUT2D eigenvalue weighted by Crippen LogP contribution is 2.58. The van der Waals surface area contributed by atoms with Crippen LogP contribution in [0, 0.1) is 24.7 Å². The van der Waals surface area contributed by atoms with Gasteiger partial charge in [0.2, 0.25) is 0 Å².